The maximum Gasteiger partial charge on any atom is 0.163 e. The third kappa shape index (κ3) is 5.06. The zero-order valence-electron chi connectivity index (χ0n) is 18.8. The zero-order valence-corrected chi connectivity index (χ0v) is 18.8. The predicted octanol–water partition coefficient (Wildman–Crippen LogP) is 5.01. The van der Waals surface area contributed by atoms with Gasteiger partial charge in [0, 0.05) is 35.5 Å². The SMILES string of the molecule is COc1cc(-c2cc(F)ccc2F)cc2c(NCCCN(C)C)nc(-c3cccnc3)nc12. The van der Waals surface area contributed by atoms with E-state index < -0.39 is 11.6 Å². The van der Waals surface area contributed by atoms with Gasteiger partial charge in [-0.05, 0) is 75.1 Å². The summed E-state index contributed by atoms with van der Waals surface area (Å²) in [7, 11) is 5.56. The molecule has 170 valence electrons. The third-order valence-electron chi connectivity index (χ3n) is 5.22. The van der Waals surface area contributed by atoms with Crippen LogP contribution < -0.4 is 10.1 Å². The second kappa shape index (κ2) is 9.87. The van der Waals surface area contributed by atoms with E-state index in [1.165, 1.54) is 13.2 Å². The van der Waals surface area contributed by atoms with Crippen LogP contribution in [0.5, 0.6) is 5.75 Å². The number of halogens is 2. The molecule has 4 aromatic rings. The first-order chi connectivity index (χ1) is 16.0. The summed E-state index contributed by atoms with van der Waals surface area (Å²) < 4.78 is 34.0. The molecule has 0 spiro atoms. The molecule has 33 heavy (non-hydrogen) atoms. The van der Waals surface area contributed by atoms with Gasteiger partial charge in [0.1, 0.15) is 28.7 Å². The van der Waals surface area contributed by atoms with Crippen LogP contribution in [0.4, 0.5) is 14.6 Å². The van der Waals surface area contributed by atoms with E-state index in [2.05, 4.69) is 15.2 Å². The van der Waals surface area contributed by atoms with Crippen LogP contribution in [0.3, 0.4) is 0 Å². The number of benzene rings is 2. The van der Waals surface area contributed by atoms with Crippen molar-refractivity contribution in [3.63, 3.8) is 0 Å². The highest BCUT2D eigenvalue weighted by molar-refractivity contribution is 5.97. The van der Waals surface area contributed by atoms with Gasteiger partial charge < -0.3 is 15.0 Å². The molecule has 0 aliphatic heterocycles. The van der Waals surface area contributed by atoms with Crippen LogP contribution in [-0.4, -0.2) is 54.1 Å². The number of methoxy groups -OCH3 is 1. The van der Waals surface area contributed by atoms with Crippen molar-refractivity contribution in [2.75, 3.05) is 39.6 Å². The van der Waals surface area contributed by atoms with Gasteiger partial charge in [0.15, 0.2) is 5.82 Å². The first-order valence-electron chi connectivity index (χ1n) is 10.6. The molecular formula is C25H25F2N5O. The molecule has 0 unspecified atom stereocenters. The number of rotatable bonds is 8. The average molecular weight is 450 g/mol. The van der Waals surface area contributed by atoms with Gasteiger partial charge in [-0.25, -0.2) is 18.7 Å². The van der Waals surface area contributed by atoms with Crippen LogP contribution in [0.25, 0.3) is 33.4 Å². The number of hydrogen-bond acceptors (Lipinski definition) is 6. The summed E-state index contributed by atoms with van der Waals surface area (Å²) in [5, 5.41) is 4.05. The fraction of sp³-hybridized carbons (Fsp3) is 0.240. The smallest absolute Gasteiger partial charge is 0.163 e. The third-order valence-corrected chi connectivity index (χ3v) is 5.22. The fourth-order valence-electron chi connectivity index (χ4n) is 3.59. The van der Waals surface area contributed by atoms with Crippen molar-refractivity contribution < 1.29 is 13.5 Å². The average Bonchev–Trinajstić information content (AvgIpc) is 2.82. The Labute approximate surface area is 191 Å². The summed E-state index contributed by atoms with van der Waals surface area (Å²) in [6.45, 7) is 1.59. The monoisotopic (exact) mass is 449 g/mol. The van der Waals surface area contributed by atoms with E-state index in [0.29, 0.717) is 40.4 Å². The van der Waals surface area contributed by atoms with Crippen LogP contribution in [0, 0.1) is 11.6 Å². The Morgan fingerprint density at radius 1 is 1.03 bits per heavy atom. The molecule has 0 aliphatic carbocycles. The molecule has 1 N–H and O–H groups in total. The molecule has 0 radical (unpaired) electrons. The minimum Gasteiger partial charge on any atom is -0.494 e. The van der Waals surface area contributed by atoms with E-state index in [1.54, 1.807) is 24.5 Å². The summed E-state index contributed by atoms with van der Waals surface area (Å²) in [5.41, 5.74) is 1.95. The van der Waals surface area contributed by atoms with Crippen LogP contribution in [-0.2, 0) is 0 Å². The molecule has 0 atom stereocenters. The number of nitrogens with zero attached hydrogens (tertiary/aromatic N) is 4. The lowest BCUT2D eigenvalue weighted by Gasteiger charge is -2.16. The Morgan fingerprint density at radius 2 is 1.88 bits per heavy atom. The van der Waals surface area contributed by atoms with E-state index in [4.69, 9.17) is 14.7 Å². The lowest BCUT2D eigenvalue weighted by Crippen LogP contribution is -2.17. The van der Waals surface area contributed by atoms with Crippen molar-refractivity contribution in [1.29, 1.82) is 0 Å². The molecule has 2 aromatic carbocycles. The van der Waals surface area contributed by atoms with Gasteiger partial charge in [-0.2, -0.15) is 0 Å². The van der Waals surface area contributed by atoms with Crippen molar-refractivity contribution in [3.05, 3.63) is 66.5 Å². The van der Waals surface area contributed by atoms with Crippen LogP contribution in [0.1, 0.15) is 6.42 Å². The number of anilines is 1. The number of pyridine rings is 1. The molecule has 2 heterocycles. The molecule has 2 aromatic heterocycles. The van der Waals surface area contributed by atoms with E-state index in [9.17, 15) is 8.78 Å². The molecule has 0 fully saturated rings. The minimum atomic E-state index is -0.522. The lowest BCUT2D eigenvalue weighted by molar-refractivity contribution is 0.405. The molecule has 0 saturated heterocycles. The van der Waals surface area contributed by atoms with Gasteiger partial charge in [-0.3, -0.25) is 4.98 Å². The van der Waals surface area contributed by atoms with Crippen molar-refractivity contribution in [2.45, 2.75) is 6.42 Å². The van der Waals surface area contributed by atoms with Crippen LogP contribution in [0.15, 0.2) is 54.9 Å². The van der Waals surface area contributed by atoms with Crippen molar-refractivity contribution in [1.82, 2.24) is 19.9 Å². The molecule has 8 heteroatoms. The summed E-state index contributed by atoms with van der Waals surface area (Å²) in [6, 6.07) is 10.5. The summed E-state index contributed by atoms with van der Waals surface area (Å²) >= 11 is 0. The Kier molecular flexibility index (Phi) is 6.74. The standard InChI is InChI=1S/C25H25F2N5O/c1-32(2)11-5-10-29-25-20-12-17(19-14-18(26)7-8-21(19)27)13-22(33-3)23(20)30-24(31-25)16-6-4-9-28-15-16/h4,6-9,12-15H,5,10-11H2,1-3H3,(H,29,30,31). The highest BCUT2D eigenvalue weighted by Gasteiger charge is 2.17. The maximum absolute atomic E-state index is 14.5. The van der Waals surface area contributed by atoms with Gasteiger partial charge >= 0.3 is 0 Å². The molecule has 0 saturated carbocycles. The second-order valence-corrected chi connectivity index (χ2v) is 7.92. The van der Waals surface area contributed by atoms with E-state index in [1.807, 2.05) is 26.2 Å². The van der Waals surface area contributed by atoms with Gasteiger partial charge in [-0.15, -0.1) is 0 Å². The second-order valence-electron chi connectivity index (χ2n) is 7.92. The van der Waals surface area contributed by atoms with E-state index in [-0.39, 0.29) is 5.56 Å². The molecule has 0 aliphatic rings. The Bertz CT molecular complexity index is 1260. The number of ether oxygens (including phenoxy) is 1. The molecule has 4 rings (SSSR count). The molecule has 0 bridgehead atoms. The number of nitrogens with one attached hydrogen (secondary N) is 1. The lowest BCUT2D eigenvalue weighted by atomic mass is 10.0. The minimum absolute atomic E-state index is 0.144. The zero-order chi connectivity index (χ0) is 23.4. The normalized spacial score (nSPS) is 11.2. The highest BCUT2D eigenvalue weighted by atomic mass is 19.1. The number of fused-ring (bicyclic) bond motifs is 1. The van der Waals surface area contributed by atoms with Gasteiger partial charge in [0.05, 0.1) is 7.11 Å². The summed E-state index contributed by atoms with van der Waals surface area (Å²) in [4.78, 5) is 15.7. The van der Waals surface area contributed by atoms with Gasteiger partial charge in [0.2, 0.25) is 0 Å². The molecular weight excluding hydrogens is 424 g/mol. The van der Waals surface area contributed by atoms with E-state index in [0.717, 1.165) is 30.7 Å². The van der Waals surface area contributed by atoms with Crippen LogP contribution in [0.2, 0.25) is 0 Å². The van der Waals surface area contributed by atoms with Crippen molar-refractivity contribution in [3.8, 4) is 28.3 Å². The first-order valence-corrected chi connectivity index (χ1v) is 10.6. The number of aromatic nitrogens is 3. The summed E-state index contributed by atoms with van der Waals surface area (Å²) in [6.07, 6.45) is 4.28. The maximum atomic E-state index is 14.5. The predicted molar refractivity (Wildman–Crippen MR) is 126 cm³/mol. The number of hydrogen-bond donors (Lipinski definition) is 1. The largest absolute Gasteiger partial charge is 0.494 e. The van der Waals surface area contributed by atoms with E-state index >= 15 is 0 Å². The van der Waals surface area contributed by atoms with Crippen molar-refractivity contribution in [2.24, 2.45) is 0 Å². The topological polar surface area (TPSA) is 63.2 Å². The fourth-order valence-corrected chi connectivity index (χ4v) is 3.59. The Hall–Kier alpha value is -3.65. The Morgan fingerprint density at radius 3 is 2.61 bits per heavy atom. The van der Waals surface area contributed by atoms with Gasteiger partial charge in [0.25, 0.3) is 0 Å². The van der Waals surface area contributed by atoms with Crippen LogP contribution >= 0.6 is 0 Å². The first kappa shape index (κ1) is 22.5. The quantitative estimate of drug-likeness (QED) is 0.382. The summed E-state index contributed by atoms with van der Waals surface area (Å²) in [5.74, 6) is 0.486. The Balaban J connectivity index is 1.88. The van der Waals surface area contributed by atoms with Gasteiger partial charge in [-0.1, -0.05) is 0 Å². The van der Waals surface area contributed by atoms with Crippen molar-refractivity contribution >= 4 is 16.7 Å². The molecule has 6 nitrogen and oxygen atoms in total. The molecule has 0 amide bonds. The highest BCUT2D eigenvalue weighted by Crippen LogP contribution is 2.36.